The van der Waals surface area contributed by atoms with Crippen molar-refractivity contribution in [3.8, 4) is 11.8 Å². The van der Waals surface area contributed by atoms with Crippen molar-refractivity contribution in [1.82, 2.24) is 5.32 Å². The quantitative estimate of drug-likeness (QED) is 0.853. The number of aryl methyl sites for hydroxylation is 1. The van der Waals surface area contributed by atoms with Crippen LogP contribution in [0.1, 0.15) is 33.5 Å². The summed E-state index contributed by atoms with van der Waals surface area (Å²) in [6.45, 7) is 0. The van der Waals surface area contributed by atoms with Gasteiger partial charge >= 0.3 is 5.97 Å². The van der Waals surface area contributed by atoms with E-state index >= 15 is 0 Å². The van der Waals surface area contributed by atoms with Crippen molar-refractivity contribution in [3.05, 3.63) is 70.8 Å². The number of carboxylic acids is 1. The molecule has 0 aliphatic heterocycles. The third-order valence-electron chi connectivity index (χ3n) is 3.36. The molecule has 0 saturated carbocycles. The number of carbonyl (C=O) groups is 2. The van der Waals surface area contributed by atoms with Crippen LogP contribution in [0.3, 0.4) is 0 Å². The van der Waals surface area contributed by atoms with E-state index in [-0.39, 0.29) is 11.5 Å². The van der Waals surface area contributed by atoms with E-state index < -0.39 is 5.97 Å². The summed E-state index contributed by atoms with van der Waals surface area (Å²) < 4.78 is 0. The Labute approximate surface area is 135 Å². The number of amides is 1. The van der Waals surface area contributed by atoms with Crippen LogP contribution in [0.25, 0.3) is 0 Å². The van der Waals surface area contributed by atoms with E-state index in [4.69, 9.17) is 5.11 Å². The molecule has 2 rings (SSSR count). The number of nitrogens with one attached hydrogen (secondary N) is 1. The van der Waals surface area contributed by atoms with Gasteiger partial charge in [0, 0.05) is 24.6 Å². The first-order valence-electron chi connectivity index (χ1n) is 7.23. The van der Waals surface area contributed by atoms with Gasteiger partial charge in [-0.3, -0.25) is 4.79 Å². The van der Waals surface area contributed by atoms with E-state index in [0.717, 1.165) is 16.7 Å². The Balaban J connectivity index is 2.01. The Bertz CT molecular complexity index is 750. The van der Waals surface area contributed by atoms with Crippen molar-refractivity contribution < 1.29 is 14.7 Å². The van der Waals surface area contributed by atoms with Gasteiger partial charge in [0.2, 0.25) is 5.91 Å². The number of rotatable bonds is 4. The largest absolute Gasteiger partial charge is 0.478 e. The Hall–Kier alpha value is -3.06. The van der Waals surface area contributed by atoms with Crippen molar-refractivity contribution in [2.24, 2.45) is 0 Å². The molecule has 23 heavy (non-hydrogen) atoms. The Kier molecular flexibility index (Phi) is 5.54. The Morgan fingerprint density at radius 2 is 1.48 bits per heavy atom. The van der Waals surface area contributed by atoms with Crippen LogP contribution in [-0.4, -0.2) is 24.0 Å². The molecule has 0 saturated heterocycles. The van der Waals surface area contributed by atoms with E-state index in [1.807, 2.05) is 24.3 Å². The van der Waals surface area contributed by atoms with Crippen molar-refractivity contribution in [3.63, 3.8) is 0 Å². The Morgan fingerprint density at radius 3 is 1.96 bits per heavy atom. The zero-order chi connectivity index (χ0) is 16.7. The molecule has 2 N–H and O–H groups in total. The molecule has 0 unspecified atom stereocenters. The summed E-state index contributed by atoms with van der Waals surface area (Å²) in [6, 6.07) is 14.2. The molecule has 0 aromatic heterocycles. The first-order valence-corrected chi connectivity index (χ1v) is 7.23. The standard InChI is InChI=1S/C19H17NO3/c1-20-18(21)13-10-15-5-2-14(3-6-15)4-7-16-8-11-17(12-9-16)19(22)23/h2-3,5-6,8-9,11-12H,10,13H2,1H3,(H,20,21)(H,22,23). The highest BCUT2D eigenvalue weighted by atomic mass is 16.4. The molecular weight excluding hydrogens is 290 g/mol. The van der Waals surface area contributed by atoms with Gasteiger partial charge in [0.1, 0.15) is 0 Å². The summed E-state index contributed by atoms with van der Waals surface area (Å²) in [5.41, 5.74) is 2.97. The predicted molar refractivity (Wildman–Crippen MR) is 88.2 cm³/mol. The number of aromatic carboxylic acids is 1. The molecule has 0 bridgehead atoms. The van der Waals surface area contributed by atoms with Crippen LogP contribution in [0.5, 0.6) is 0 Å². The molecule has 0 fully saturated rings. The first-order chi connectivity index (χ1) is 11.1. The maximum absolute atomic E-state index is 11.2. The SMILES string of the molecule is CNC(=O)CCc1ccc(C#Cc2ccc(C(=O)O)cc2)cc1. The highest BCUT2D eigenvalue weighted by Crippen LogP contribution is 2.07. The topological polar surface area (TPSA) is 66.4 Å². The lowest BCUT2D eigenvalue weighted by Crippen LogP contribution is -2.17. The third kappa shape index (κ3) is 5.01. The zero-order valence-electron chi connectivity index (χ0n) is 12.8. The average molecular weight is 307 g/mol. The molecule has 116 valence electrons. The highest BCUT2D eigenvalue weighted by molar-refractivity contribution is 5.87. The van der Waals surface area contributed by atoms with Crippen LogP contribution in [0.2, 0.25) is 0 Å². The van der Waals surface area contributed by atoms with Crippen LogP contribution in [0.4, 0.5) is 0 Å². The zero-order valence-corrected chi connectivity index (χ0v) is 12.8. The van der Waals surface area contributed by atoms with E-state index in [9.17, 15) is 9.59 Å². The lowest BCUT2D eigenvalue weighted by molar-refractivity contribution is -0.120. The van der Waals surface area contributed by atoms with Crippen molar-refractivity contribution in [2.45, 2.75) is 12.8 Å². The smallest absolute Gasteiger partial charge is 0.335 e. The molecular formula is C19H17NO3. The van der Waals surface area contributed by atoms with E-state index in [2.05, 4.69) is 17.2 Å². The fourth-order valence-electron chi connectivity index (χ4n) is 1.98. The molecule has 0 atom stereocenters. The van der Waals surface area contributed by atoms with Gasteiger partial charge in [-0.25, -0.2) is 4.79 Å². The van der Waals surface area contributed by atoms with Gasteiger partial charge in [-0.1, -0.05) is 24.0 Å². The first kappa shape index (κ1) is 16.3. The number of benzene rings is 2. The van der Waals surface area contributed by atoms with Crippen LogP contribution < -0.4 is 5.32 Å². The normalized spacial score (nSPS) is 9.61. The van der Waals surface area contributed by atoms with Crippen molar-refractivity contribution in [1.29, 1.82) is 0 Å². The van der Waals surface area contributed by atoms with Gasteiger partial charge in [-0.05, 0) is 48.4 Å². The van der Waals surface area contributed by atoms with Gasteiger partial charge in [0.05, 0.1) is 5.56 Å². The van der Waals surface area contributed by atoms with Crippen LogP contribution in [-0.2, 0) is 11.2 Å². The third-order valence-corrected chi connectivity index (χ3v) is 3.36. The molecule has 0 radical (unpaired) electrons. The average Bonchev–Trinajstić information content (AvgIpc) is 2.59. The lowest BCUT2D eigenvalue weighted by Gasteiger charge is -2.01. The molecule has 4 heteroatoms. The molecule has 1 amide bonds. The second kappa shape index (κ2) is 7.81. The van der Waals surface area contributed by atoms with Gasteiger partial charge < -0.3 is 10.4 Å². The number of hydrogen-bond acceptors (Lipinski definition) is 2. The van der Waals surface area contributed by atoms with E-state index in [1.165, 1.54) is 12.1 Å². The van der Waals surface area contributed by atoms with Crippen molar-refractivity contribution in [2.75, 3.05) is 7.05 Å². The van der Waals surface area contributed by atoms with Crippen LogP contribution >= 0.6 is 0 Å². The molecule has 2 aromatic carbocycles. The molecule has 2 aromatic rings. The van der Waals surface area contributed by atoms with E-state index in [1.54, 1.807) is 19.2 Å². The van der Waals surface area contributed by atoms with Gasteiger partial charge in [0.25, 0.3) is 0 Å². The summed E-state index contributed by atoms with van der Waals surface area (Å²) in [4.78, 5) is 22.0. The lowest BCUT2D eigenvalue weighted by atomic mass is 10.1. The Morgan fingerprint density at radius 1 is 0.957 bits per heavy atom. The van der Waals surface area contributed by atoms with Gasteiger partial charge in [-0.2, -0.15) is 0 Å². The highest BCUT2D eigenvalue weighted by Gasteiger charge is 2.01. The van der Waals surface area contributed by atoms with Crippen molar-refractivity contribution >= 4 is 11.9 Å². The maximum atomic E-state index is 11.2. The van der Waals surface area contributed by atoms with E-state index in [0.29, 0.717) is 12.8 Å². The number of carbonyl (C=O) groups excluding carboxylic acids is 1. The summed E-state index contributed by atoms with van der Waals surface area (Å²) >= 11 is 0. The minimum atomic E-state index is -0.947. The van der Waals surface area contributed by atoms with Gasteiger partial charge in [-0.15, -0.1) is 0 Å². The predicted octanol–water partition coefficient (Wildman–Crippen LogP) is 2.46. The summed E-state index contributed by atoms with van der Waals surface area (Å²) in [5.74, 6) is 5.11. The molecule has 0 spiro atoms. The van der Waals surface area contributed by atoms with Crippen LogP contribution in [0, 0.1) is 11.8 Å². The maximum Gasteiger partial charge on any atom is 0.335 e. The fraction of sp³-hybridized carbons (Fsp3) is 0.158. The minimum Gasteiger partial charge on any atom is -0.478 e. The fourth-order valence-corrected chi connectivity index (χ4v) is 1.98. The summed E-state index contributed by atoms with van der Waals surface area (Å²) in [5, 5.41) is 11.4. The monoisotopic (exact) mass is 307 g/mol. The van der Waals surface area contributed by atoms with Crippen LogP contribution in [0.15, 0.2) is 48.5 Å². The number of hydrogen-bond donors (Lipinski definition) is 2. The summed E-state index contributed by atoms with van der Waals surface area (Å²) in [6.07, 6.45) is 1.17. The molecule has 0 aliphatic rings. The summed E-state index contributed by atoms with van der Waals surface area (Å²) in [7, 11) is 1.63. The second-order valence-electron chi connectivity index (χ2n) is 5.00. The molecule has 4 nitrogen and oxygen atoms in total. The second-order valence-corrected chi connectivity index (χ2v) is 5.00. The number of carboxylic acid groups (broad SMARTS) is 1. The molecule has 0 heterocycles. The minimum absolute atomic E-state index is 0.0266. The van der Waals surface area contributed by atoms with Gasteiger partial charge in [0.15, 0.2) is 0 Å². The molecule has 0 aliphatic carbocycles.